The zero-order valence-electron chi connectivity index (χ0n) is 10.7. The zero-order chi connectivity index (χ0) is 15.2. The quantitative estimate of drug-likeness (QED) is 0.871. The average molecular weight is 332 g/mol. The lowest BCUT2D eigenvalue weighted by Crippen LogP contribution is -2.44. The number of thiophene rings is 1. The number of hydrogen-bond donors (Lipinski definition) is 1. The Morgan fingerprint density at radius 1 is 1.43 bits per heavy atom. The Balaban J connectivity index is 1.82. The van der Waals surface area contributed by atoms with E-state index in [0.717, 1.165) is 21.3 Å². The van der Waals surface area contributed by atoms with Gasteiger partial charge in [0.2, 0.25) is 0 Å². The maximum atomic E-state index is 12.2. The minimum Gasteiger partial charge on any atom is -0.480 e. The van der Waals surface area contributed by atoms with Crippen molar-refractivity contribution in [2.75, 3.05) is 6.54 Å². The van der Waals surface area contributed by atoms with Gasteiger partial charge < -0.3 is 10.0 Å². The molecule has 1 aromatic heterocycles. The van der Waals surface area contributed by atoms with Crippen LogP contribution in [0.3, 0.4) is 0 Å². The molecule has 0 spiro atoms. The fourth-order valence-electron chi connectivity index (χ4n) is 2.53. The number of fused-ring (bicyclic) bond motifs is 2. The predicted octanol–water partition coefficient (Wildman–Crippen LogP) is 0.722. The monoisotopic (exact) mass is 332 g/mol. The molecule has 2 saturated heterocycles. The van der Waals surface area contributed by atoms with E-state index in [0.29, 0.717) is 6.42 Å². The summed E-state index contributed by atoms with van der Waals surface area (Å²) < 4.78 is 29.0. The summed E-state index contributed by atoms with van der Waals surface area (Å²) in [6.45, 7) is 0.162. The molecule has 2 fully saturated rings. The second kappa shape index (κ2) is 4.97. The van der Waals surface area contributed by atoms with Gasteiger partial charge in [0, 0.05) is 6.54 Å². The number of rotatable bonds is 4. The Kier molecular flexibility index (Phi) is 3.38. The van der Waals surface area contributed by atoms with E-state index in [1.54, 1.807) is 11.4 Å². The molecule has 0 aromatic carbocycles. The average Bonchev–Trinajstić information content (AvgIpc) is 3.04. The normalized spacial score (nSPS) is 25.4. The summed E-state index contributed by atoms with van der Waals surface area (Å²) in [5.74, 6) is -1.09. The smallest absolute Gasteiger partial charge is 0.346 e. The lowest BCUT2D eigenvalue weighted by atomic mass is 10.0. The predicted molar refractivity (Wildman–Crippen MR) is 71.0 cm³/mol. The van der Waals surface area contributed by atoms with Crippen LogP contribution in [0.4, 0.5) is 4.79 Å². The number of nitrogens with zero attached hydrogens (tertiary/aromatic N) is 2. The molecule has 3 rings (SSSR count). The highest BCUT2D eigenvalue weighted by atomic mass is 32.3. The number of carbonyl (C=O) groups excluding carboxylic acids is 1. The number of carbonyl (C=O) groups is 2. The maximum absolute atomic E-state index is 12.2. The molecule has 2 aliphatic heterocycles. The fourth-order valence-corrected chi connectivity index (χ4v) is 4.43. The van der Waals surface area contributed by atoms with Gasteiger partial charge in [-0.3, -0.25) is 0 Å². The topological polar surface area (TPSA) is 104 Å². The van der Waals surface area contributed by atoms with Gasteiger partial charge in [0.25, 0.3) is 0 Å². The van der Waals surface area contributed by atoms with E-state index >= 15 is 0 Å². The Morgan fingerprint density at radius 3 is 2.81 bits per heavy atom. The molecule has 1 N–H and O–H groups in total. The van der Waals surface area contributed by atoms with Gasteiger partial charge in [-0.2, -0.15) is 13.5 Å². The second-order valence-electron chi connectivity index (χ2n) is 4.81. The van der Waals surface area contributed by atoms with E-state index in [-0.39, 0.29) is 17.2 Å². The maximum Gasteiger partial charge on any atom is 0.346 e. The molecule has 2 aliphatic rings. The number of hydrogen-bond acceptors (Lipinski definition) is 6. The molecule has 3 heterocycles. The summed E-state index contributed by atoms with van der Waals surface area (Å²) in [5, 5.41) is 11.5. The van der Waals surface area contributed by atoms with Gasteiger partial charge in [-0.1, -0.05) is 6.07 Å². The van der Waals surface area contributed by atoms with E-state index in [2.05, 4.69) is 0 Å². The largest absolute Gasteiger partial charge is 0.480 e. The highest BCUT2D eigenvalue weighted by Gasteiger charge is 2.49. The minimum atomic E-state index is -4.06. The highest BCUT2D eigenvalue weighted by Crippen LogP contribution is 2.32. The highest BCUT2D eigenvalue weighted by molar-refractivity contribution is 7.88. The number of urea groups is 1. The van der Waals surface area contributed by atoms with Crippen LogP contribution in [0.5, 0.6) is 0 Å². The molecule has 2 bridgehead atoms. The van der Waals surface area contributed by atoms with Crippen LogP contribution in [0.15, 0.2) is 21.7 Å². The standard InChI is InChI=1S/C11H12N2O6S2/c14-10(15)8-4-3-7-6-12(8)11(16)13(7)19-21(17,18)9-2-1-5-20-9/h1-2,5,7-8H,3-4,6H2,(H,14,15)/t7-,8+/m0/s1. The summed E-state index contributed by atoms with van der Waals surface area (Å²) in [6.07, 6.45) is 0.670. The fraction of sp³-hybridized carbons (Fsp3) is 0.455. The number of hydroxylamine groups is 2. The van der Waals surface area contributed by atoms with E-state index in [4.69, 9.17) is 9.39 Å². The summed E-state index contributed by atoms with van der Waals surface area (Å²) in [6, 6.07) is 0.863. The van der Waals surface area contributed by atoms with E-state index in [9.17, 15) is 18.0 Å². The van der Waals surface area contributed by atoms with E-state index in [1.165, 1.54) is 6.07 Å². The first kappa shape index (κ1) is 14.3. The van der Waals surface area contributed by atoms with Crippen molar-refractivity contribution < 1.29 is 27.4 Å². The molecule has 2 atom stereocenters. The third kappa shape index (κ3) is 2.39. The lowest BCUT2D eigenvalue weighted by Gasteiger charge is -2.26. The Bertz CT molecular complexity index is 671. The summed E-state index contributed by atoms with van der Waals surface area (Å²) in [4.78, 5) is 24.4. The van der Waals surface area contributed by atoms with E-state index in [1.807, 2.05) is 0 Å². The van der Waals surface area contributed by atoms with Gasteiger partial charge in [0.1, 0.15) is 10.3 Å². The van der Waals surface area contributed by atoms with Gasteiger partial charge in [-0.25, -0.2) is 9.59 Å². The van der Waals surface area contributed by atoms with Crippen LogP contribution in [-0.2, 0) is 19.2 Å². The van der Waals surface area contributed by atoms with Crippen molar-refractivity contribution in [3.8, 4) is 0 Å². The van der Waals surface area contributed by atoms with Crippen LogP contribution in [0.25, 0.3) is 0 Å². The van der Waals surface area contributed by atoms with Crippen molar-refractivity contribution >= 4 is 33.5 Å². The second-order valence-corrected chi connectivity index (χ2v) is 7.51. The molecule has 8 nitrogen and oxygen atoms in total. The molecule has 114 valence electrons. The third-order valence-corrected chi connectivity index (χ3v) is 6.08. The van der Waals surface area contributed by atoms with Crippen molar-refractivity contribution in [1.82, 2.24) is 9.96 Å². The number of piperidine rings is 1. The molecular formula is C11H12N2O6S2. The first-order chi connectivity index (χ1) is 9.90. The van der Waals surface area contributed by atoms with Crippen molar-refractivity contribution in [3.63, 3.8) is 0 Å². The van der Waals surface area contributed by atoms with Gasteiger partial charge in [0.05, 0.1) is 6.04 Å². The molecule has 10 heteroatoms. The zero-order valence-corrected chi connectivity index (χ0v) is 12.3. The molecule has 1 aromatic rings. The van der Waals surface area contributed by atoms with Crippen molar-refractivity contribution in [3.05, 3.63) is 17.5 Å². The molecule has 0 aliphatic carbocycles. The summed E-state index contributed by atoms with van der Waals surface area (Å²) >= 11 is 0.987. The number of amides is 2. The SMILES string of the molecule is O=C(O)[C@H]1CC[C@H]2CN1C(=O)N2OS(=O)(=O)c1cccs1. The first-order valence-electron chi connectivity index (χ1n) is 6.21. The number of carboxylic acid groups (broad SMARTS) is 1. The molecule has 0 unspecified atom stereocenters. The van der Waals surface area contributed by atoms with Crippen LogP contribution in [0.1, 0.15) is 12.8 Å². The van der Waals surface area contributed by atoms with E-state index < -0.39 is 34.2 Å². The van der Waals surface area contributed by atoms with Gasteiger partial charge >= 0.3 is 22.1 Å². The first-order valence-corrected chi connectivity index (χ1v) is 8.49. The molecular weight excluding hydrogens is 320 g/mol. The Labute approximate surface area is 124 Å². The van der Waals surface area contributed by atoms with Crippen LogP contribution < -0.4 is 0 Å². The Morgan fingerprint density at radius 2 is 2.19 bits per heavy atom. The summed E-state index contributed by atoms with van der Waals surface area (Å²) in [5.41, 5.74) is 0. The van der Waals surface area contributed by atoms with Crippen molar-refractivity contribution in [1.29, 1.82) is 0 Å². The molecule has 0 radical (unpaired) electrons. The Hall–Kier alpha value is -1.65. The minimum absolute atomic E-state index is 0.00142. The van der Waals surface area contributed by atoms with Crippen molar-refractivity contribution in [2.45, 2.75) is 29.1 Å². The summed E-state index contributed by atoms with van der Waals surface area (Å²) in [7, 11) is -4.06. The van der Waals surface area contributed by atoms with Crippen LogP contribution in [0.2, 0.25) is 0 Å². The third-order valence-electron chi connectivity index (χ3n) is 3.53. The van der Waals surface area contributed by atoms with Crippen molar-refractivity contribution in [2.24, 2.45) is 0 Å². The molecule has 0 saturated carbocycles. The van der Waals surface area contributed by atoms with Gasteiger partial charge in [0.15, 0.2) is 0 Å². The van der Waals surface area contributed by atoms with Gasteiger partial charge in [-0.15, -0.1) is 15.6 Å². The molecule has 2 amide bonds. The number of aliphatic carboxylic acids is 1. The van der Waals surface area contributed by atoms with Crippen LogP contribution in [0, 0.1) is 0 Å². The van der Waals surface area contributed by atoms with Crippen LogP contribution in [-0.4, -0.2) is 54.1 Å². The molecule has 21 heavy (non-hydrogen) atoms. The van der Waals surface area contributed by atoms with Crippen LogP contribution >= 0.6 is 11.3 Å². The lowest BCUT2D eigenvalue weighted by molar-refractivity contribution is -0.142. The van der Waals surface area contributed by atoms with Gasteiger partial charge in [-0.05, 0) is 24.3 Å². The number of carboxylic acids is 1.